The Hall–Kier alpha value is -1.12. The van der Waals surface area contributed by atoms with Crippen LogP contribution in [-0.2, 0) is 6.42 Å². The average Bonchev–Trinajstić information content (AvgIpc) is 2.14. The number of hydrogen-bond acceptors (Lipinski definition) is 3. The predicted octanol–water partition coefficient (Wildman–Crippen LogP) is 2.42. The van der Waals surface area contributed by atoms with Crippen molar-refractivity contribution in [3.63, 3.8) is 0 Å². The van der Waals surface area contributed by atoms with E-state index >= 15 is 0 Å². The molecule has 0 fully saturated rings. The molecule has 1 heterocycles. The van der Waals surface area contributed by atoms with Crippen LogP contribution in [0.4, 0.5) is 5.82 Å². The number of hydrogen-bond donors (Lipinski definition) is 1. The molecule has 0 saturated carbocycles. The van der Waals surface area contributed by atoms with E-state index in [1.54, 1.807) is 0 Å². The van der Waals surface area contributed by atoms with E-state index in [0.29, 0.717) is 5.92 Å². The van der Waals surface area contributed by atoms with E-state index in [4.69, 9.17) is 0 Å². The summed E-state index contributed by atoms with van der Waals surface area (Å²) in [4.78, 5) is 8.80. The minimum atomic E-state index is 0.706. The molecule has 3 nitrogen and oxygen atoms in total. The number of nitrogens with one attached hydrogen (secondary N) is 1. The van der Waals surface area contributed by atoms with E-state index < -0.39 is 0 Å². The molecule has 0 atom stereocenters. The lowest BCUT2D eigenvalue weighted by Gasteiger charge is -2.06. The van der Waals surface area contributed by atoms with Gasteiger partial charge < -0.3 is 5.32 Å². The molecule has 0 aromatic carbocycles. The van der Waals surface area contributed by atoms with Gasteiger partial charge in [-0.05, 0) is 19.3 Å². The van der Waals surface area contributed by atoms with Crippen LogP contribution in [0, 0.1) is 12.8 Å². The number of nitrogens with zero attached hydrogens (tertiary/aromatic N) is 2. The summed E-state index contributed by atoms with van der Waals surface area (Å²) in [6.07, 6.45) is 2.11. The Labute approximate surface area is 86.0 Å². The van der Waals surface area contributed by atoms with E-state index in [-0.39, 0.29) is 0 Å². The maximum atomic E-state index is 4.40. The highest BCUT2D eigenvalue weighted by molar-refractivity contribution is 5.34. The topological polar surface area (TPSA) is 37.8 Å². The second kappa shape index (κ2) is 4.94. The first kappa shape index (κ1) is 11.0. The summed E-state index contributed by atoms with van der Waals surface area (Å²) in [7, 11) is 1.88. The predicted molar refractivity (Wildman–Crippen MR) is 59.5 cm³/mol. The Kier molecular flexibility index (Phi) is 3.86. The molecule has 0 saturated heterocycles. The zero-order valence-corrected chi connectivity index (χ0v) is 9.46. The monoisotopic (exact) mass is 193 g/mol. The van der Waals surface area contributed by atoms with Gasteiger partial charge in [0.2, 0.25) is 0 Å². The van der Waals surface area contributed by atoms with Crippen LogP contribution in [0.1, 0.15) is 31.8 Å². The maximum Gasteiger partial charge on any atom is 0.130 e. The summed E-state index contributed by atoms with van der Waals surface area (Å²) in [5.41, 5.74) is 1.03. The highest BCUT2D eigenvalue weighted by atomic mass is 15.0. The second-order valence-electron chi connectivity index (χ2n) is 3.99. The molecule has 0 amide bonds. The van der Waals surface area contributed by atoms with Gasteiger partial charge in [0.1, 0.15) is 11.6 Å². The number of anilines is 1. The van der Waals surface area contributed by atoms with Crippen molar-refractivity contribution >= 4 is 5.82 Å². The standard InChI is InChI=1S/C11H19N3/c1-8(2)5-6-10-13-9(3)7-11(12-4)14-10/h7-8H,5-6H2,1-4H3,(H,12,13,14). The molecular weight excluding hydrogens is 174 g/mol. The molecule has 14 heavy (non-hydrogen) atoms. The smallest absolute Gasteiger partial charge is 0.130 e. The lowest BCUT2D eigenvalue weighted by Crippen LogP contribution is -2.03. The summed E-state index contributed by atoms with van der Waals surface area (Å²) in [5, 5.41) is 3.04. The SMILES string of the molecule is CNc1cc(C)nc(CCC(C)C)n1. The molecule has 0 bridgehead atoms. The molecule has 0 aliphatic rings. The lowest BCUT2D eigenvalue weighted by molar-refractivity contribution is 0.574. The zero-order chi connectivity index (χ0) is 10.6. The zero-order valence-electron chi connectivity index (χ0n) is 9.46. The molecule has 1 aromatic heterocycles. The number of aromatic nitrogens is 2. The average molecular weight is 193 g/mol. The van der Waals surface area contributed by atoms with Gasteiger partial charge in [-0.25, -0.2) is 9.97 Å². The van der Waals surface area contributed by atoms with E-state index in [2.05, 4.69) is 29.1 Å². The summed E-state index contributed by atoms with van der Waals surface area (Å²) in [6.45, 7) is 6.44. The van der Waals surface area contributed by atoms with Crippen molar-refractivity contribution in [3.8, 4) is 0 Å². The minimum absolute atomic E-state index is 0.706. The fourth-order valence-corrected chi connectivity index (χ4v) is 1.29. The molecule has 1 N–H and O–H groups in total. The molecule has 0 aliphatic heterocycles. The van der Waals surface area contributed by atoms with Gasteiger partial charge in [0, 0.05) is 25.2 Å². The Morgan fingerprint density at radius 2 is 2.07 bits per heavy atom. The second-order valence-corrected chi connectivity index (χ2v) is 3.99. The molecule has 0 radical (unpaired) electrons. The van der Waals surface area contributed by atoms with Crippen molar-refractivity contribution in [3.05, 3.63) is 17.6 Å². The molecule has 0 unspecified atom stereocenters. The lowest BCUT2D eigenvalue weighted by atomic mass is 10.1. The van der Waals surface area contributed by atoms with E-state index in [1.807, 2.05) is 20.0 Å². The molecule has 1 rings (SSSR count). The van der Waals surface area contributed by atoms with Crippen molar-refractivity contribution in [2.45, 2.75) is 33.6 Å². The van der Waals surface area contributed by atoms with Gasteiger partial charge >= 0.3 is 0 Å². The van der Waals surface area contributed by atoms with Crippen LogP contribution in [0.15, 0.2) is 6.07 Å². The summed E-state index contributed by atoms with van der Waals surface area (Å²) >= 11 is 0. The third kappa shape index (κ3) is 3.32. The molecular formula is C11H19N3. The third-order valence-corrected chi connectivity index (χ3v) is 2.10. The van der Waals surface area contributed by atoms with Crippen molar-refractivity contribution in [2.24, 2.45) is 5.92 Å². The van der Waals surface area contributed by atoms with Gasteiger partial charge in [-0.15, -0.1) is 0 Å². The molecule has 1 aromatic rings. The number of rotatable bonds is 4. The first-order valence-electron chi connectivity index (χ1n) is 5.14. The van der Waals surface area contributed by atoms with Gasteiger partial charge in [-0.3, -0.25) is 0 Å². The van der Waals surface area contributed by atoms with Crippen LogP contribution < -0.4 is 5.32 Å². The quantitative estimate of drug-likeness (QED) is 0.798. The third-order valence-electron chi connectivity index (χ3n) is 2.10. The van der Waals surface area contributed by atoms with E-state index in [1.165, 1.54) is 0 Å². The minimum Gasteiger partial charge on any atom is -0.373 e. The fourth-order valence-electron chi connectivity index (χ4n) is 1.29. The first-order chi connectivity index (χ1) is 6.61. The molecule has 0 aliphatic carbocycles. The van der Waals surface area contributed by atoms with Crippen LogP contribution in [0.5, 0.6) is 0 Å². The van der Waals surface area contributed by atoms with Crippen LogP contribution in [0.3, 0.4) is 0 Å². The van der Waals surface area contributed by atoms with Crippen molar-refractivity contribution in [1.82, 2.24) is 9.97 Å². The van der Waals surface area contributed by atoms with Crippen molar-refractivity contribution in [1.29, 1.82) is 0 Å². The normalized spacial score (nSPS) is 10.6. The van der Waals surface area contributed by atoms with Crippen molar-refractivity contribution < 1.29 is 0 Å². The first-order valence-corrected chi connectivity index (χ1v) is 5.14. The Morgan fingerprint density at radius 3 is 2.64 bits per heavy atom. The van der Waals surface area contributed by atoms with Gasteiger partial charge in [0.25, 0.3) is 0 Å². The maximum absolute atomic E-state index is 4.40. The summed E-state index contributed by atoms with van der Waals surface area (Å²) in [6, 6.07) is 1.96. The van der Waals surface area contributed by atoms with Crippen LogP contribution in [0.25, 0.3) is 0 Å². The Balaban J connectivity index is 2.71. The van der Waals surface area contributed by atoms with Crippen LogP contribution in [-0.4, -0.2) is 17.0 Å². The van der Waals surface area contributed by atoms with Gasteiger partial charge in [0.05, 0.1) is 0 Å². The Morgan fingerprint density at radius 1 is 1.36 bits per heavy atom. The van der Waals surface area contributed by atoms with Gasteiger partial charge in [-0.1, -0.05) is 13.8 Å². The van der Waals surface area contributed by atoms with E-state index in [0.717, 1.165) is 30.2 Å². The summed E-state index contributed by atoms with van der Waals surface area (Å²) < 4.78 is 0. The van der Waals surface area contributed by atoms with Crippen LogP contribution >= 0.6 is 0 Å². The van der Waals surface area contributed by atoms with Crippen molar-refractivity contribution in [2.75, 3.05) is 12.4 Å². The van der Waals surface area contributed by atoms with E-state index in [9.17, 15) is 0 Å². The number of aryl methyl sites for hydroxylation is 2. The largest absolute Gasteiger partial charge is 0.373 e. The van der Waals surface area contributed by atoms with Gasteiger partial charge in [-0.2, -0.15) is 0 Å². The van der Waals surface area contributed by atoms with Crippen LogP contribution in [0.2, 0.25) is 0 Å². The Bertz CT molecular complexity index is 295. The summed E-state index contributed by atoms with van der Waals surface area (Å²) in [5.74, 6) is 2.57. The molecule has 3 heteroatoms. The molecule has 0 spiro atoms. The highest BCUT2D eigenvalue weighted by Gasteiger charge is 2.02. The molecule has 78 valence electrons. The highest BCUT2D eigenvalue weighted by Crippen LogP contribution is 2.09. The fraction of sp³-hybridized carbons (Fsp3) is 0.636. The van der Waals surface area contributed by atoms with Gasteiger partial charge in [0.15, 0.2) is 0 Å².